The van der Waals surface area contributed by atoms with E-state index in [2.05, 4.69) is 10.3 Å². The number of nitrogens with zero attached hydrogens (tertiary/aromatic N) is 2. The summed E-state index contributed by atoms with van der Waals surface area (Å²) in [4.78, 5) is 53.0. The van der Waals surface area contributed by atoms with E-state index in [1.165, 1.54) is 16.4 Å². The van der Waals surface area contributed by atoms with Crippen molar-refractivity contribution in [3.05, 3.63) is 92.6 Å². The highest BCUT2D eigenvalue weighted by atomic mass is 16.2. The van der Waals surface area contributed by atoms with E-state index >= 15 is 0 Å². The molecule has 0 spiro atoms. The number of hydrogen-bond acceptors (Lipinski definition) is 5. The Morgan fingerprint density at radius 2 is 1.59 bits per heavy atom. The SMILES string of the molecule is CC(=O)NCCC(=O)N(Cc1ccccc1)c1c(N)n(Cc2ccccc2)c(=O)[nH]c1=O. The third kappa shape index (κ3) is 5.51. The molecule has 0 aliphatic carbocycles. The average Bonchev–Trinajstić information content (AvgIpc) is 2.77. The molecule has 1 aromatic heterocycles. The van der Waals surface area contributed by atoms with Crippen LogP contribution in [0.15, 0.2) is 70.3 Å². The van der Waals surface area contributed by atoms with Gasteiger partial charge in [0.2, 0.25) is 11.8 Å². The van der Waals surface area contributed by atoms with Gasteiger partial charge in [0.25, 0.3) is 5.56 Å². The van der Waals surface area contributed by atoms with Crippen LogP contribution in [-0.4, -0.2) is 27.9 Å². The van der Waals surface area contributed by atoms with Crippen molar-refractivity contribution in [3.63, 3.8) is 0 Å². The number of aromatic amines is 1. The van der Waals surface area contributed by atoms with Gasteiger partial charge in [-0.05, 0) is 11.1 Å². The monoisotopic (exact) mass is 435 g/mol. The summed E-state index contributed by atoms with van der Waals surface area (Å²) >= 11 is 0. The maximum absolute atomic E-state index is 13.1. The van der Waals surface area contributed by atoms with Crippen molar-refractivity contribution in [1.29, 1.82) is 0 Å². The molecule has 0 unspecified atom stereocenters. The van der Waals surface area contributed by atoms with Crippen molar-refractivity contribution < 1.29 is 9.59 Å². The van der Waals surface area contributed by atoms with Gasteiger partial charge in [-0.3, -0.25) is 23.9 Å². The van der Waals surface area contributed by atoms with Gasteiger partial charge < -0.3 is 16.0 Å². The van der Waals surface area contributed by atoms with Crippen LogP contribution in [0.1, 0.15) is 24.5 Å². The Morgan fingerprint density at radius 3 is 2.19 bits per heavy atom. The number of rotatable bonds is 8. The van der Waals surface area contributed by atoms with Crippen LogP contribution < -0.4 is 27.2 Å². The third-order valence-electron chi connectivity index (χ3n) is 4.86. The number of aromatic nitrogens is 2. The molecule has 0 saturated carbocycles. The van der Waals surface area contributed by atoms with Crippen LogP contribution in [-0.2, 0) is 22.7 Å². The Balaban J connectivity index is 2.03. The van der Waals surface area contributed by atoms with E-state index in [1.807, 2.05) is 60.7 Å². The fraction of sp³-hybridized carbons (Fsp3) is 0.217. The average molecular weight is 435 g/mol. The quantitative estimate of drug-likeness (QED) is 0.490. The standard InChI is InChI=1S/C23H25N5O4/c1-16(29)25-13-12-19(30)27(14-17-8-4-2-5-9-17)20-21(24)28(23(32)26-22(20)31)15-18-10-6-3-7-11-18/h2-11H,12-15,24H2,1H3,(H,25,29)(H,26,31,32). The predicted molar refractivity (Wildman–Crippen MR) is 122 cm³/mol. The fourth-order valence-electron chi connectivity index (χ4n) is 3.30. The first kappa shape index (κ1) is 22.5. The molecule has 32 heavy (non-hydrogen) atoms. The van der Waals surface area contributed by atoms with E-state index in [4.69, 9.17) is 5.73 Å². The minimum absolute atomic E-state index is 0.0386. The van der Waals surface area contributed by atoms with E-state index in [-0.39, 0.29) is 43.5 Å². The smallest absolute Gasteiger partial charge is 0.330 e. The molecule has 9 nitrogen and oxygen atoms in total. The fourth-order valence-corrected chi connectivity index (χ4v) is 3.30. The van der Waals surface area contributed by atoms with E-state index in [0.717, 1.165) is 11.1 Å². The van der Waals surface area contributed by atoms with Gasteiger partial charge in [0, 0.05) is 19.9 Å². The third-order valence-corrected chi connectivity index (χ3v) is 4.86. The van der Waals surface area contributed by atoms with Crippen molar-refractivity contribution in [1.82, 2.24) is 14.9 Å². The number of H-pyrrole nitrogens is 1. The maximum atomic E-state index is 13.1. The Bertz CT molecular complexity index is 1200. The highest BCUT2D eigenvalue weighted by molar-refractivity contribution is 5.95. The lowest BCUT2D eigenvalue weighted by Crippen LogP contribution is -2.41. The predicted octanol–water partition coefficient (Wildman–Crippen LogP) is 1.23. The first-order valence-electron chi connectivity index (χ1n) is 10.1. The molecule has 0 aliphatic heterocycles. The largest absolute Gasteiger partial charge is 0.383 e. The van der Waals surface area contributed by atoms with Gasteiger partial charge in [-0.15, -0.1) is 0 Å². The number of carbonyl (C=O) groups is 2. The zero-order valence-electron chi connectivity index (χ0n) is 17.7. The number of nitrogens with two attached hydrogens (primary N) is 1. The molecule has 9 heteroatoms. The summed E-state index contributed by atoms with van der Waals surface area (Å²) in [6, 6.07) is 18.3. The van der Waals surface area contributed by atoms with E-state index in [9.17, 15) is 19.2 Å². The Kier molecular flexibility index (Phi) is 7.22. The summed E-state index contributed by atoms with van der Waals surface area (Å²) in [5.41, 5.74) is 6.36. The van der Waals surface area contributed by atoms with Gasteiger partial charge in [0.05, 0.1) is 13.1 Å². The lowest BCUT2D eigenvalue weighted by Gasteiger charge is -2.25. The van der Waals surface area contributed by atoms with Crippen molar-refractivity contribution in [2.45, 2.75) is 26.4 Å². The van der Waals surface area contributed by atoms with Crippen LogP contribution in [0, 0.1) is 0 Å². The molecule has 0 aliphatic rings. The number of hydrogen-bond donors (Lipinski definition) is 3. The molecule has 0 radical (unpaired) electrons. The number of nitrogens with one attached hydrogen (secondary N) is 2. The van der Waals surface area contributed by atoms with Gasteiger partial charge in [-0.1, -0.05) is 60.7 Å². The summed E-state index contributed by atoms with van der Waals surface area (Å²) in [5, 5.41) is 2.57. The zero-order valence-corrected chi connectivity index (χ0v) is 17.7. The van der Waals surface area contributed by atoms with Gasteiger partial charge in [-0.25, -0.2) is 4.79 Å². The number of anilines is 2. The Morgan fingerprint density at radius 1 is 1.00 bits per heavy atom. The number of carbonyl (C=O) groups excluding carboxylic acids is 2. The van der Waals surface area contributed by atoms with Crippen molar-refractivity contribution >= 4 is 23.3 Å². The van der Waals surface area contributed by atoms with Crippen LogP contribution in [0.3, 0.4) is 0 Å². The molecular weight excluding hydrogens is 410 g/mol. The molecule has 0 saturated heterocycles. The second-order valence-electron chi connectivity index (χ2n) is 7.26. The van der Waals surface area contributed by atoms with Crippen LogP contribution >= 0.6 is 0 Å². The van der Waals surface area contributed by atoms with E-state index in [1.54, 1.807) is 0 Å². The van der Waals surface area contributed by atoms with Gasteiger partial charge in [0.1, 0.15) is 5.82 Å². The van der Waals surface area contributed by atoms with Crippen molar-refractivity contribution in [3.8, 4) is 0 Å². The molecule has 0 atom stereocenters. The first-order chi connectivity index (χ1) is 15.4. The maximum Gasteiger partial charge on any atom is 0.330 e. The summed E-state index contributed by atoms with van der Waals surface area (Å²) in [6.07, 6.45) is -0.0386. The summed E-state index contributed by atoms with van der Waals surface area (Å²) in [7, 11) is 0. The minimum Gasteiger partial charge on any atom is -0.383 e. The lowest BCUT2D eigenvalue weighted by atomic mass is 10.2. The molecular formula is C23H25N5O4. The normalized spacial score (nSPS) is 10.5. The minimum atomic E-state index is -0.749. The molecule has 3 aromatic rings. The molecule has 3 rings (SSSR count). The summed E-state index contributed by atoms with van der Waals surface area (Å²) < 4.78 is 1.23. The van der Waals surface area contributed by atoms with Crippen molar-refractivity contribution in [2.24, 2.45) is 0 Å². The Labute approximate surface area is 184 Å². The van der Waals surface area contributed by atoms with Gasteiger partial charge in [-0.2, -0.15) is 0 Å². The van der Waals surface area contributed by atoms with Gasteiger partial charge >= 0.3 is 5.69 Å². The zero-order chi connectivity index (χ0) is 23.1. The summed E-state index contributed by atoms with van der Waals surface area (Å²) in [5.74, 6) is -0.780. The molecule has 1 heterocycles. The highest BCUT2D eigenvalue weighted by Gasteiger charge is 2.24. The first-order valence-corrected chi connectivity index (χ1v) is 10.1. The lowest BCUT2D eigenvalue weighted by molar-refractivity contribution is -0.120. The highest BCUT2D eigenvalue weighted by Crippen LogP contribution is 2.21. The molecule has 0 bridgehead atoms. The van der Waals surface area contributed by atoms with E-state index < -0.39 is 17.2 Å². The summed E-state index contributed by atoms with van der Waals surface area (Å²) in [6.45, 7) is 1.68. The van der Waals surface area contributed by atoms with E-state index in [0.29, 0.717) is 0 Å². The van der Waals surface area contributed by atoms with Crippen molar-refractivity contribution in [2.75, 3.05) is 17.2 Å². The van der Waals surface area contributed by atoms with Crippen LogP contribution in [0.4, 0.5) is 11.5 Å². The molecule has 166 valence electrons. The van der Waals surface area contributed by atoms with Crippen LogP contribution in [0.25, 0.3) is 0 Å². The number of benzene rings is 2. The molecule has 4 N–H and O–H groups in total. The number of nitrogen functional groups attached to an aromatic ring is 1. The van der Waals surface area contributed by atoms with Crippen LogP contribution in [0.2, 0.25) is 0 Å². The molecule has 0 fully saturated rings. The second kappa shape index (κ2) is 10.3. The van der Waals surface area contributed by atoms with Crippen LogP contribution in [0.5, 0.6) is 0 Å². The topological polar surface area (TPSA) is 130 Å². The number of amides is 2. The van der Waals surface area contributed by atoms with Gasteiger partial charge in [0.15, 0.2) is 5.69 Å². The molecule has 2 aromatic carbocycles. The second-order valence-corrected chi connectivity index (χ2v) is 7.26. The Hall–Kier alpha value is -4.14. The molecule has 2 amide bonds.